The van der Waals surface area contributed by atoms with Gasteiger partial charge in [0, 0.05) is 13.7 Å². The van der Waals surface area contributed by atoms with Gasteiger partial charge in [0.25, 0.3) is 0 Å². The van der Waals surface area contributed by atoms with Gasteiger partial charge in [-0.2, -0.15) is 0 Å². The van der Waals surface area contributed by atoms with Gasteiger partial charge in [-0.15, -0.1) is 0 Å². The van der Waals surface area contributed by atoms with Crippen molar-refractivity contribution in [3.63, 3.8) is 0 Å². The van der Waals surface area contributed by atoms with Crippen LogP contribution in [0.25, 0.3) is 0 Å². The zero-order valence-corrected chi connectivity index (χ0v) is 9.52. The Kier molecular flexibility index (Phi) is 3.74. The van der Waals surface area contributed by atoms with Crippen LogP contribution in [-0.2, 0) is 4.74 Å². The number of likely N-dealkylation sites (tertiary alicyclic amines) is 1. The SMILES string of the molecule is COCC1CCN(CC(=O)c2ccco2)C1. The Bertz CT molecular complexity index is 334. The summed E-state index contributed by atoms with van der Waals surface area (Å²) in [5.74, 6) is 1.08. The molecule has 1 unspecified atom stereocenters. The summed E-state index contributed by atoms with van der Waals surface area (Å²) < 4.78 is 10.2. The topological polar surface area (TPSA) is 42.7 Å². The van der Waals surface area contributed by atoms with Gasteiger partial charge in [-0.05, 0) is 31.0 Å². The van der Waals surface area contributed by atoms with Crippen LogP contribution in [0.5, 0.6) is 0 Å². The highest BCUT2D eigenvalue weighted by Gasteiger charge is 2.24. The van der Waals surface area contributed by atoms with Gasteiger partial charge < -0.3 is 9.15 Å². The zero-order valence-electron chi connectivity index (χ0n) is 9.52. The maximum Gasteiger partial charge on any atom is 0.211 e. The number of nitrogens with zero attached hydrogens (tertiary/aromatic N) is 1. The van der Waals surface area contributed by atoms with Crippen LogP contribution in [0.2, 0.25) is 0 Å². The van der Waals surface area contributed by atoms with E-state index in [9.17, 15) is 4.79 Å². The lowest BCUT2D eigenvalue weighted by molar-refractivity contribution is 0.0910. The standard InChI is InChI=1S/C12H17NO3/c1-15-9-10-4-5-13(7-10)8-11(14)12-3-2-6-16-12/h2-3,6,10H,4-5,7-9H2,1H3. The van der Waals surface area contributed by atoms with Gasteiger partial charge in [0.2, 0.25) is 5.78 Å². The van der Waals surface area contributed by atoms with Crippen molar-refractivity contribution < 1.29 is 13.9 Å². The molecular formula is C12H17NO3. The first kappa shape index (κ1) is 11.4. The van der Waals surface area contributed by atoms with E-state index < -0.39 is 0 Å². The van der Waals surface area contributed by atoms with E-state index in [2.05, 4.69) is 4.90 Å². The Hall–Kier alpha value is -1.13. The molecule has 0 N–H and O–H groups in total. The number of carbonyl (C=O) groups is 1. The van der Waals surface area contributed by atoms with Crippen LogP contribution in [0.3, 0.4) is 0 Å². The first-order chi connectivity index (χ1) is 7.79. The van der Waals surface area contributed by atoms with Crippen molar-refractivity contribution >= 4 is 5.78 Å². The Balaban J connectivity index is 1.81. The molecule has 0 radical (unpaired) electrons. The first-order valence-corrected chi connectivity index (χ1v) is 5.57. The van der Waals surface area contributed by atoms with Crippen LogP contribution in [0.4, 0.5) is 0 Å². The van der Waals surface area contributed by atoms with Crippen molar-refractivity contribution in [1.29, 1.82) is 0 Å². The summed E-state index contributed by atoms with van der Waals surface area (Å²) in [4.78, 5) is 13.9. The predicted molar refractivity (Wildman–Crippen MR) is 59.5 cm³/mol. The quantitative estimate of drug-likeness (QED) is 0.708. The molecule has 1 fully saturated rings. The monoisotopic (exact) mass is 223 g/mol. The van der Waals surface area contributed by atoms with E-state index in [1.807, 2.05) is 0 Å². The van der Waals surface area contributed by atoms with Crippen LogP contribution >= 0.6 is 0 Å². The lowest BCUT2D eigenvalue weighted by Crippen LogP contribution is -2.28. The predicted octanol–water partition coefficient (Wildman–Crippen LogP) is 1.43. The molecule has 16 heavy (non-hydrogen) atoms. The van der Waals surface area contributed by atoms with Crippen molar-refractivity contribution in [2.24, 2.45) is 5.92 Å². The molecule has 0 aromatic carbocycles. The van der Waals surface area contributed by atoms with Crippen LogP contribution in [0.1, 0.15) is 17.0 Å². The Labute approximate surface area is 95.2 Å². The molecule has 2 rings (SSSR count). The number of methoxy groups -OCH3 is 1. The summed E-state index contributed by atoms with van der Waals surface area (Å²) in [5.41, 5.74) is 0. The molecule has 1 aliphatic heterocycles. The number of carbonyl (C=O) groups excluding carboxylic acids is 1. The summed E-state index contributed by atoms with van der Waals surface area (Å²) in [6, 6.07) is 3.45. The fraction of sp³-hybridized carbons (Fsp3) is 0.583. The van der Waals surface area contributed by atoms with E-state index in [-0.39, 0.29) is 5.78 Å². The summed E-state index contributed by atoms with van der Waals surface area (Å²) in [7, 11) is 1.72. The molecule has 1 aliphatic rings. The minimum Gasteiger partial charge on any atom is -0.461 e. The van der Waals surface area contributed by atoms with Gasteiger partial charge in [0.15, 0.2) is 5.76 Å². The van der Waals surface area contributed by atoms with E-state index in [1.165, 1.54) is 6.26 Å². The van der Waals surface area contributed by atoms with E-state index in [1.54, 1.807) is 19.2 Å². The highest BCUT2D eigenvalue weighted by atomic mass is 16.5. The van der Waals surface area contributed by atoms with Gasteiger partial charge in [-0.25, -0.2) is 0 Å². The van der Waals surface area contributed by atoms with E-state index in [0.29, 0.717) is 18.2 Å². The second-order valence-corrected chi connectivity index (χ2v) is 4.25. The maximum absolute atomic E-state index is 11.8. The molecule has 0 saturated carbocycles. The van der Waals surface area contributed by atoms with Crippen molar-refractivity contribution in [1.82, 2.24) is 4.90 Å². The second-order valence-electron chi connectivity index (χ2n) is 4.25. The van der Waals surface area contributed by atoms with Crippen LogP contribution in [0, 0.1) is 5.92 Å². The van der Waals surface area contributed by atoms with E-state index >= 15 is 0 Å². The molecule has 0 aliphatic carbocycles. The zero-order chi connectivity index (χ0) is 11.4. The molecule has 4 nitrogen and oxygen atoms in total. The third kappa shape index (κ3) is 2.71. The minimum atomic E-state index is 0.0584. The molecule has 1 atom stereocenters. The van der Waals surface area contributed by atoms with Crippen molar-refractivity contribution in [3.8, 4) is 0 Å². The lowest BCUT2D eigenvalue weighted by Gasteiger charge is -2.13. The first-order valence-electron chi connectivity index (χ1n) is 5.57. The van der Waals surface area contributed by atoms with Gasteiger partial charge in [-0.1, -0.05) is 0 Å². The third-order valence-electron chi connectivity index (χ3n) is 2.94. The number of Topliss-reactive ketones (excluding diaryl/α,β-unsaturated/α-hetero) is 1. The molecule has 0 bridgehead atoms. The highest BCUT2D eigenvalue weighted by molar-refractivity contribution is 5.95. The number of hydrogen-bond donors (Lipinski definition) is 0. The summed E-state index contributed by atoms with van der Waals surface area (Å²) in [5, 5.41) is 0. The molecule has 1 aromatic rings. The largest absolute Gasteiger partial charge is 0.461 e. The number of rotatable bonds is 5. The second kappa shape index (κ2) is 5.27. The van der Waals surface area contributed by atoms with Crippen LogP contribution < -0.4 is 0 Å². The number of furan rings is 1. The normalized spacial score (nSPS) is 21.4. The van der Waals surface area contributed by atoms with Crippen molar-refractivity contribution in [3.05, 3.63) is 24.2 Å². The lowest BCUT2D eigenvalue weighted by atomic mass is 10.1. The van der Waals surface area contributed by atoms with Gasteiger partial charge in [-0.3, -0.25) is 9.69 Å². The fourth-order valence-corrected chi connectivity index (χ4v) is 2.15. The van der Waals surface area contributed by atoms with Crippen molar-refractivity contribution in [2.45, 2.75) is 6.42 Å². The number of ether oxygens (including phenoxy) is 1. The molecule has 1 saturated heterocycles. The van der Waals surface area contributed by atoms with E-state index in [0.717, 1.165) is 26.1 Å². The highest BCUT2D eigenvalue weighted by Crippen LogP contribution is 2.16. The Morgan fingerprint density at radius 2 is 2.56 bits per heavy atom. The van der Waals surface area contributed by atoms with E-state index in [4.69, 9.17) is 9.15 Å². The fourth-order valence-electron chi connectivity index (χ4n) is 2.15. The Morgan fingerprint density at radius 3 is 3.25 bits per heavy atom. The van der Waals surface area contributed by atoms with Gasteiger partial charge in [0.05, 0.1) is 19.4 Å². The smallest absolute Gasteiger partial charge is 0.211 e. The van der Waals surface area contributed by atoms with Gasteiger partial charge >= 0.3 is 0 Å². The molecule has 1 aromatic heterocycles. The molecule has 4 heteroatoms. The molecule has 88 valence electrons. The van der Waals surface area contributed by atoms with Crippen LogP contribution in [0.15, 0.2) is 22.8 Å². The number of hydrogen-bond acceptors (Lipinski definition) is 4. The maximum atomic E-state index is 11.8. The van der Waals surface area contributed by atoms with Crippen molar-refractivity contribution in [2.75, 3.05) is 33.4 Å². The summed E-state index contributed by atoms with van der Waals surface area (Å²) >= 11 is 0. The van der Waals surface area contributed by atoms with Crippen LogP contribution in [-0.4, -0.2) is 44.0 Å². The summed E-state index contributed by atoms with van der Waals surface area (Å²) in [6.07, 6.45) is 2.64. The number of ketones is 1. The Morgan fingerprint density at radius 1 is 1.69 bits per heavy atom. The average molecular weight is 223 g/mol. The third-order valence-corrected chi connectivity index (χ3v) is 2.94. The van der Waals surface area contributed by atoms with Gasteiger partial charge in [0.1, 0.15) is 0 Å². The minimum absolute atomic E-state index is 0.0584. The molecule has 0 amide bonds. The molecule has 2 heterocycles. The summed E-state index contributed by atoms with van der Waals surface area (Å²) in [6.45, 7) is 3.15. The molecule has 0 spiro atoms. The average Bonchev–Trinajstić information content (AvgIpc) is 2.89. The molecular weight excluding hydrogens is 206 g/mol.